The molecule has 3 rings (SSSR count). The van der Waals surface area contributed by atoms with E-state index in [1.807, 2.05) is 55.1 Å². The number of hydrogen-bond acceptors (Lipinski definition) is 2. The van der Waals surface area contributed by atoms with Crippen molar-refractivity contribution in [3.05, 3.63) is 59.2 Å². The van der Waals surface area contributed by atoms with Gasteiger partial charge in [-0.1, -0.05) is 29.8 Å². The van der Waals surface area contributed by atoms with Gasteiger partial charge < -0.3 is 10.2 Å². The minimum absolute atomic E-state index is 0.0867. The first kappa shape index (κ1) is 13.7. The van der Waals surface area contributed by atoms with Crippen molar-refractivity contribution in [1.29, 1.82) is 0 Å². The van der Waals surface area contributed by atoms with E-state index in [2.05, 4.69) is 11.4 Å². The Morgan fingerprint density at radius 3 is 2.76 bits per heavy atom. The van der Waals surface area contributed by atoms with Gasteiger partial charge in [0.2, 0.25) is 0 Å². The summed E-state index contributed by atoms with van der Waals surface area (Å²) in [5.74, 6) is 0.0867. The second kappa shape index (κ2) is 5.60. The van der Waals surface area contributed by atoms with Gasteiger partial charge in [0.15, 0.2) is 0 Å². The highest BCUT2D eigenvalue weighted by molar-refractivity contribution is 6.08. The Morgan fingerprint density at radius 2 is 1.95 bits per heavy atom. The number of carbonyl (C=O) groups excluding carboxylic acids is 1. The average Bonchev–Trinajstić information content (AvgIpc) is 2.69. The summed E-state index contributed by atoms with van der Waals surface area (Å²) in [6.45, 7) is 5.69. The second-order valence-electron chi connectivity index (χ2n) is 5.57. The van der Waals surface area contributed by atoms with Crippen LogP contribution in [-0.4, -0.2) is 19.0 Å². The summed E-state index contributed by atoms with van der Waals surface area (Å²) >= 11 is 0. The van der Waals surface area contributed by atoms with Crippen LogP contribution >= 0.6 is 0 Å². The number of anilines is 2. The van der Waals surface area contributed by atoms with Crippen LogP contribution in [0.5, 0.6) is 0 Å². The Bertz CT molecular complexity index is 679. The molecule has 3 heteroatoms. The van der Waals surface area contributed by atoms with E-state index >= 15 is 0 Å². The van der Waals surface area contributed by atoms with E-state index in [0.29, 0.717) is 0 Å². The highest BCUT2D eigenvalue weighted by Gasteiger charge is 2.22. The number of carbonyl (C=O) groups is 1. The third kappa shape index (κ3) is 2.64. The van der Waals surface area contributed by atoms with Gasteiger partial charge in [0, 0.05) is 18.7 Å². The van der Waals surface area contributed by atoms with Crippen LogP contribution < -0.4 is 10.2 Å². The molecule has 0 saturated carbocycles. The molecule has 108 valence electrons. The van der Waals surface area contributed by atoms with Gasteiger partial charge in [-0.3, -0.25) is 4.79 Å². The zero-order valence-electron chi connectivity index (χ0n) is 12.5. The van der Waals surface area contributed by atoms with E-state index in [-0.39, 0.29) is 5.91 Å². The maximum atomic E-state index is 12.9. The Hall–Kier alpha value is -2.29. The number of benzene rings is 2. The first-order chi connectivity index (χ1) is 10.2. The fourth-order valence-corrected chi connectivity index (χ4v) is 2.85. The molecule has 0 bridgehead atoms. The van der Waals surface area contributed by atoms with Gasteiger partial charge >= 0.3 is 0 Å². The van der Waals surface area contributed by atoms with E-state index in [9.17, 15) is 4.79 Å². The third-order valence-electron chi connectivity index (χ3n) is 3.93. The van der Waals surface area contributed by atoms with E-state index in [0.717, 1.165) is 42.0 Å². The summed E-state index contributed by atoms with van der Waals surface area (Å²) in [7, 11) is 0. The molecule has 0 saturated heterocycles. The van der Waals surface area contributed by atoms with Crippen LogP contribution in [0.4, 0.5) is 11.4 Å². The zero-order chi connectivity index (χ0) is 14.8. The molecule has 2 aromatic rings. The van der Waals surface area contributed by atoms with Crippen molar-refractivity contribution in [3.8, 4) is 0 Å². The fourth-order valence-electron chi connectivity index (χ4n) is 2.85. The molecule has 1 aliphatic rings. The minimum Gasteiger partial charge on any atom is -0.383 e. The smallest absolute Gasteiger partial charge is 0.258 e. The second-order valence-corrected chi connectivity index (χ2v) is 5.57. The first-order valence-electron chi connectivity index (χ1n) is 7.39. The number of aryl methyl sites for hydroxylation is 2. The number of hydrogen-bond donors (Lipinski definition) is 1. The van der Waals surface area contributed by atoms with Crippen LogP contribution in [0.15, 0.2) is 42.5 Å². The number of amides is 1. The average molecular weight is 280 g/mol. The molecule has 2 aromatic carbocycles. The summed E-state index contributed by atoms with van der Waals surface area (Å²) in [5.41, 5.74) is 5.02. The molecule has 0 atom stereocenters. The lowest BCUT2D eigenvalue weighted by Gasteiger charge is -2.23. The predicted molar refractivity (Wildman–Crippen MR) is 87.1 cm³/mol. The molecule has 0 aromatic heterocycles. The summed E-state index contributed by atoms with van der Waals surface area (Å²) in [6, 6.07) is 14.0. The molecule has 0 unspecified atom stereocenters. The zero-order valence-corrected chi connectivity index (χ0v) is 12.5. The fraction of sp³-hybridized carbons (Fsp3) is 0.278. The maximum Gasteiger partial charge on any atom is 0.258 e. The Balaban J connectivity index is 2.01. The van der Waals surface area contributed by atoms with Crippen molar-refractivity contribution >= 4 is 17.3 Å². The van der Waals surface area contributed by atoms with Gasteiger partial charge in [-0.25, -0.2) is 0 Å². The highest BCUT2D eigenvalue weighted by Crippen LogP contribution is 2.29. The highest BCUT2D eigenvalue weighted by atomic mass is 16.2. The number of fused-ring (bicyclic) bond motifs is 1. The van der Waals surface area contributed by atoms with Crippen molar-refractivity contribution in [1.82, 2.24) is 0 Å². The first-order valence-corrected chi connectivity index (χ1v) is 7.39. The van der Waals surface area contributed by atoms with Gasteiger partial charge in [0.25, 0.3) is 5.91 Å². The molecular formula is C18H20N2O. The van der Waals surface area contributed by atoms with Crippen LogP contribution in [0, 0.1) is 13.8 Å². The predicted octanol–water partition coefficient (Wildman–Crippen LogP) is 3.77. The molecular weight excluding hydrogens is 260 g/mol. The van der Waals surface area contributed by atoms with Crippen molar-refractivity contribution in [3.63, 3.8) is 0 Å². The van der Waals surface area contributed by atoms with Crippen LogP contribution in [0.25, 0.3) is 0 Å². The summed E-state index contributed by atoms with van der Waals surface area (Å²) < 4.78 is 0. The summed E-state index contributed by atoms with van der Waals surface area (Å²) in [5, 5.41) is 3.39. The Kier molecular flexibility index (Phi) is 3.65. The van der Waals surface area contributed by atoms with Gasteiger partial charge in [0.1, 0.15) is 0 Å². The van der Waals surface area contributed by atoms with E-state index < -0.39 is 0 Å². The van der Waals surface area contributed by atoms with Gasteiger partial charge in [-0.15, -0.1) is 0 Å². The lowest BCUT2D eigenvalue weighted by atomic mass is 10.0. The van der Waals surface area contributed by atoms with Gasteiger partial charge in [0.05, 0.1) is 11.4 Å². The standard InChI is InChI=1S/C18H20N2O/c1-13-8-9-15(14(2)12-13)18(21)20-11-5-10-19-16-6-3-4-7-17(16)20/h3-4,6-9,12,19H,5,10-11H2,1-2H3. The van der Waals surface area contributed by atoms with E-state index in [1.54, 1.807) is 0 Å². The van der Waals surface area contributed by atoms with Crippen LogP contribution in [0.2, 0.25) is 0 Å². The third-order valence-corrected chi connectivity index (χ3v) is 3.93. The normalized spacial score (nSPS) is 14.1. The SMILES string of the molecule is Cc1ccc(C(=O)N2CCCNc3ccccc32)c(C)c1. The van der Waals surface area contributed by atoms with Gasteiger partial charge in [-0.2, -0.15) is 0 Å². The quantitative estimate of drug-likeness (QED) is 0.862. The molecule has 1 heterocycles. The number of para-hydroxylation sites is 2. The number of nitrogens with zero attached hydrogens (tertiary/aromatic N) is 1. The molecule has 0 spiro atoms. The van der Waals surface area contributed by atoms with Crippen molar-refractivity contribution in [2.45, 2.75) is 20.3 Å². The monoisotopic (exact) mass is 280 g/mol. The van der Waals surface area contributed by atoms with E-state index in [1.165, 1.54) is 5.56 Å². The Labute approximate surface area is 125 Å². The number of nitrogens with one attached hydrogen (secondary N) is 1. The van der Waals surface area contributed by atoms with Crippen molar-refractivity contribution in [2.75, 3.05) is 23.3 Å². The van der Waals surface area contributed by atoms with Crippen molar-refractivity contribution in [2.24, 2.45) is 0 Å². The molecule has 0 aliphatic carbocycles. The van der Waals surface area contributed by atoms with Crippen LogP contribution in [0.1, 0.15) is 27.9 Å². The lowest BCUT2D eigenvalue weighted by Crippen LogP contribution is -2.32. The topological polar surface area (TPSA) is 32.3 Å². The molecule has 21 heavy (non-hydrogen) atoms. The Morgan fingerprint density at radius 1 is 1.14 bits per heavy atom. The van der Waals surface area contributed by atoms with Crippen molar-refractivity contribution < 1.29 is 4.79 Å². The largest absolute Gasteiger partial charge is 0.383 e. The molecule has 1 aliphatic heterocycles. The number of rotatable bonds is 1. The molecule has 0 radical (unpaired) electrons. The molecule has 3 nitrogen and oxygen atoms in total. The van der Waals surface area contributed by atoms with E-state index in [4.69, 9.17) is 0 Å². The summed E-state index contributed by atoms with van der Waals surface area (Å²) in [6.07, 6.45) is 0.950. The van der Waals surface area contributed by atoms with Crippen LogP contribution in [-0.2, 0) is 0 Å². The molecule has 0 fully saturated rings. The minimum atomic E-state index is 0.0867. The van der Waals surface area contributed by atoms with Gasteiger partial charge in [-0.05, 0) is 44.0 Å². The lowest BCUT2D eigenvalue weighted by molar-refractivity contribution is 0.0986. The molecule has 1 N–H and O–H groups in total. The summed E-state index contributed by atoms with van der Waals surface area (Å²) in [4.78, 5) is 14.8. The van der Waals surface area contributed by atoms with Crippen LogP contribution in [0.3, 0.4) is 0 Å². The maximum absolute atomic E-state index is 12.9. The molecule has 1 amide bonds.